The molecule has 0 radical (unpaired) electrons. The quantitative estimate of drug-likeness (QED) is 0.190. The van der Waals surface area contributed by atoms with Crippen LogP contribution < -0.4 is 0 Å². The first-order valence-corrected chi connectivity index (χ1v) is 17.3. The van der Waals surface area contributed by atoms with Crippen LogP contribution in [0.5, 0.6) is 0 Å². The monoisotopic (exact) mass is 651 g/mol. The maximum absolute atomic E-state index is 6.37. The molecule has 0 bridgehead atoms. The summed E-state index contributed by atoms with van der Waals surface area (Å²) < 4.78 is 11.2. The summed E-state index contributed by atoms with van der Waals surface area (Å²) in [6.45, 7) is 0. The fourth-order valence-electron chi connectivity index (χ4n) is 8.13. The molecule has 0 saturated carbocycles. The first-order chi connectivity index (χ1) is 25.3. The lowest BCUT2D eigenvalue weighted by molar-refractivity contribution is 0.670. The molecule has 0 aliphatic carbocycles. The van der Waals surface area contributed by atoms with Gasteiger partial charge in [-0.3, -0.25) is 0 Å². The Hall–Kier alpha value is -6.91. The zero-order valence-electron chi connectivity index (χ0n) is 27.5. The zero-order valence-corrected chi connectivity index (χ0v) is 27.5. The van der Waals surface area contributed by atoms with Crippen LogP contribution in [0.25, 0.3) is 99.4 Å². The van der Waals surface area contributed by atoms with Gasteiger partial charge in [0.15, 0.2) is 0 Å². The molecule has 4 aromatic heterocycles. The highest BCUT2D eigenvalue weighted by molar-refractivity contribution is 6.26. The molecule has 0 aliphatic rings. The molecule has 4 heterocycles. The van der Waals surface area contributed by atoms with Gasteiger partial charge in [-0.15, -0.1) is 0 Å². The second-order valence-electron chi connectivity index (χ2n) is 13.1. The van der Waals surface area contributed by atoms with E-state index in [9.17, 15) is 0 Å². The standard InChI is InChI=1S/C47H29N3O/c1-2-14-31(15-3-1)50-41-24-7-4-17-33(41)35-27-28-43-45(46(35)50)38-19-5-8-25-42(38)49(43)32-16-10-13-30(29-32)39-22-12-23-40(48-39)37-21-11-20-36-34-18-6-9-26-44(34)51-47(36)37/h1-29H. The molecule has 0 unspecified atom stereocenters. The fraction of sp³-hybridized carbons (Fsp3) is 0. The van der Waals surface area contributed by atoms with Gasteiger partial charge in [0.2, 0.25) is 0 Å². The van der Waals surface area contributed by atoms with Crippen LogP contribution in [0.3, 0.4) is 0 Å². The van der Waals surface area contributed by atoms with Crippen molar-refractivity contribution in [3.63, 3.8) is 0 Å². The Morgan fingerprint density at radius 1 is 0.412 bits per heavy atom. The summed E-state index contributed by atoms with van der Waals surface area (Å²) in [6.07, 6.45) is 0. The third-order valence-electron chi connectivity index (χ3n) is 10.3. The SMILES string of the molecule is c1ccc(-n2c3ccccc3c3ccc4c(c5ccccc5n4-c4cccc(-c5cccc(-c6cccc7c6oc6ccccc67)n5)c4)c32)cc1. The van der Waals surface area contributed by atoms with E-state index >= 15 is 0 Å². The lowest BCUT2D eigenvalue weighted by Gasteiger charge is -2.11. The topological polar surface area (TPSA) is 35.9 Å². The van der Waals surface area contributed by atoms with Crippen molar-refractivity contribution in [3.05, 3.63) is 176 Å². The Morgan fingerprint density at radius 3 is 1.96 bits per heavy atom. The Balaban J connectivity index is 1.12. The fourth-order valence-corrected chi connectivity index (χ4v) is 8.13. The lowest BCUT2D eigenvalue weighted by atomic mass is 10.0. The highest BCUT2D eigenvalue weighted by Gasteiger charge is 2.21. The van der Waals surface area contributed by atoms with Gasteiger partial charge in [0, 0.05) is 54.8 Å². The van der Waals surface area contributed by atoms with E-state index in [-0.39, 0.29) is 0 Å². The minimum Gasteiger partial charge on any atom is -0.455 e. The molecule has 0 N–H and O–H groups in total. The van der Waals surface area contributed by atoms with Crippen LogP contribution in [0, 0.1) is 0 Å². The summed E-state index contributed by atoms with van der Waals surface area (Å²) in [5, 5.41) is 7.19. The number of fused-ring (bicyclic) bond motifs is 10. The molecule has 7 aromatic carbocycles. The van der Waals surface area contributed by atoms with Crippen molar-refractivity contribution in [2.45, 2.75) is 0 Å². The second kappa shape index (κ2) is 10.8. The number of aromatic nitrogens is 3. The second-order valence-corrected chi connectivity index (χ2v) is 13.1. The van der Waals surface area contributed by atoms with Gasteiger partial charge < -0.3 is 13.6 Å². The van der Waals surface area contributed by atoms with Crippen molar-refractivity contribution in [1.29, 1.82) is 0 Å². The highest BCUT2D eigenvalue weighted by Crippen LogP contribution is 2.42. The number of furan rings is 1. The van der Waals surface area contributed by atoms with Crippen LogP contribution >= 0.6 is 0 Å². The minimum absolute atomic E-state index is 0.863. The number of pyridine rings is 1. The summed E-state index contributed by atoms with van der Waals surface area (Å²) >= 11 is 0. The van der Waals surface area contributed by atoms with E-state index < -0.39 is 0 Å². The van der Waals surface area contributed by atoms with Crippen LogP contribution in [0.1, 0.15) is 0 Å². The lowest BCUT2D eigenvalue weighted by Crippen LogP contribution is -1.96. The van der Waals surface area contributed by atoms with E-state index in [1.54, 1.807) is 0 Å². The molecule has 11 rings (SSSR count). The van der Waals surface area contributed by atoms with E-state index in [0.717, 1.165) is 55.8 Å². The summed E-state index contributed by atoms with van der Waals surface area (Å²) in [4.78, 5) is 5.22. The Bertz CT molecular complexity index is 3140. The first kappa shape index (κ1) is 28.0. The molecule has 0 saturated heterocycles. The van der Waals surface area contributed by atoms with E-state index in [4.69, 9.17) is 9.40 Å². The van der Waals surface area contributed by atoms with Crippen LogP contribution in [-0.2, 0) is 0 Å². The van der Waals surface area contributed by atoms with Gasteiger partial charge in [-0.05, 0) is 66.7 Å². The molecular formula is C47H29N3O. The highest BCUT2D eigenvalue weighted by atomic mass is 16.3. The molecule has 4 heteroatoms. The average molecular weight is 652 g/mol. The third kappa shape index (κ3) is 4.11. The Labute approximate surface area is 293 Å². The van der Waals surface area contributed by atoms with Gasteiger partial charge >= 0.3 is 0 Å². The first-order valence-electron chi connectivity index (χ1n) is 17.3. The summed E-state index contributed by atoms with van der Waals surface area (Å²) in [5.74, 6) is 0. The van der Waals surface area contributed by atoms with Crippen molar-refractivity contribution in [1.82, 2.24) is 14.1 Å². The van der Waals surface area contributed by atoms with Crippen molar-refractivity contribution >= 4 is 65.6 Å². The maximum Gasteiger partial charge on any atom is 0.144 e. The minimum atomic E-state index is 0.863. The van der Waals surface area contributed by atoms with E-state index in [1.165, 1.54) is 43.6 Å². The molecule has 0 atom stereocenters. The summed E-state index contributed by atoms with van der Waals surface area (Å²) in [7, 11) is 0. The number of para-hydroxylation sites is 5. The molecule has 0 spiro atoms. The van der Waals surface area contributed by atoms with Crippen LogP contribution in [0.2, 0.25) is 0 Å². The predicted molar refractivity (Wildman–Crippen MR) is 211 cm³/mol. The van der Waals surface area contributed by atoms with Crippen molar-refractivity contribution in [2.24, 2.45) is 0 Å². The zero-order chi connectivity index (χ0) is 33.5. The average Bonchev–Trinajstić information content (AvgIpc) is 3.86. The van der Waals surface area contributed by atoms with Crippen molar-refractivity contribution < 1.29 is 4.42 Å². The predicted octanol–water partition coefficient (Wildman–Crippen LogP) is 12.5. The summed E-state index contributed by atoms with van der Waals surface area (Å²) in [5.41, 5.74) is 12.6. The van der Waals surface area contributed by atoms with Crippen molar-refractivity contribution in [2.75, 3.05) is 0 Å². The number of hydrogen-bond acceptors (Lipinski definition) is 2. The molecule has 51 heavy (non-hydrogen) atoms. The van der Waals surface area contributed by atoms with E-state index in [0.29, 0.717) is 0 Å². The summed E-state index contributed by atoms with van der Waals surface area (Å²) in [6, 6.07) is 62.3. The number of hydrogen-bond donors (Lipinski definition) is 0. The van der Waals surface area contributed by atoms with E-state index in [1.807, 2.05) is 12.1 Å². The van der Waals surface area contributed by atoms with Gasteiger partial charge in [-0.1, -0.05) is 109 Å². The van der Waals surface area contributed by atoms with Gasteiger partial charge in [0.25, 0.3) is 0 Å². The van der Waals surface area contributed by atoms with Gasteiger partial charge in [-0.25, -0.2) is 4.98 Å². The third-order valence-corrected chi connectivity index (χ3v) is 10.3. The Morgan fingerprint density at radius 2 is 1.08 bits per heavy atom. The normalized spacial score (nSPS) is 11.9. The van der Waals surface area contributed by atoms with Crippen LogP contribution in [0.4, 0.5) is 0 Å². The number of rotatable bonds is 4. The van der Waals surface area contributed by atoms with E-state index in [2.05, 4.69) is 173 Å². The smallest absolute Gasteiger partial charge is 0.144 e. The molecule has 4 nitrogen and oxygen atoms in total. The van der Waals surface area contributed by atoms with Gasteiger partial charge in [0.1, 0.15) is 11.2 Å². The van der Waals surface area contributed by atoms with Crippen molar-refractivity contribution in [3.8, 4) is 33.9 Å². The molecule has 0 aliphatic heterocycles. The molecule has 11 aromatic rings. The molecule has 238 valence electrons. The molecular weight excluding hydrogens is 623 g/mol. The molecule has 0 fully saturated rings. The largest absolute Gasteiger partial charge is 0.455 e. The Kier molecular flexibility index (Phi) is 5.92. The number of nitrogens with zero attached hydrogens (tertiary/aromatic N) is 3. The van der Waals surface area contributed by atoms with Crippen LogP contribution in [-0.4, -0.2) is 14.1 Å². The maximum atomic E-state index is 6.37. The van der Waals surface area contributed by atoms with Crippen LogP contribution in [0.15, 0.2) is 180 Å². The molecule has 0 amide bonds. The van der Waals surface area contributed by atoms with Gasteiger partial charge in [-0.2, -0.15) is 0 Å². The van der Waals surface area contributed by atoms with Gasteiger partial charge in [0.05, 0.1) is 33.5 Å². The number of benzene rings is 7.